The quantitative estimate of drug-likeness (QED) is 0.0257. The summed E-state index contributed by atoms with van der Waals surface area (Å²) < 4.78 is 0. The number of carboxylic acid groups (broad SMARTS) is 4. The molecule has 15 nitrogen and oxygen atoms in total. The topological polar surface area (TPSA) is 296 Å². The number of rotatable bonds is 44. The zero-order valence-electron chi connectivity index (χ0n) is 40.1. The molecule has 0 amide bonds. The van der Waals surface area contributed by atoms with Crippen LogP contribution < -0.4 is 11.5 Å². The number of carbonyl (C=O) groups is 6. The van der Waals surface area contributed by atoms with Crippen molar-refractivity contribution in [2.24, 2.45) is 11.5 Å². The lowest BCUT2D eigenvalue weighted by molar-refractivity contribution is -0.147. The Morgan fingerprint density at radius 2 is 0.547 bits per heavy atom. The van der Waals surface area contributed by atoms with E-state index < -0.39 is 65.8 Å². The fourth-order valence-electron chi connectivity index (χ4n) is 7.00. The molecule has 0 radical (unpaired) electrons. The Morgan fingerprint density at radius 3 is 0.734 bits per heavy atom. The molecule has 0 aromatic rings. The van der Waals surface area contributed by atoms with E-state index in [2.05, 4.69) is 13.8 Å². The normalized spacial score (nSPS) is 13.3. The number of aliphatic carboxylic acids is 4. The molecule has 0 aliphatic heterocycles. The number of carboxylic acids is 4. The molecule has 4 atom stereocenters. The predicted molar refractivity (Wildman–Crippen MR) is 252 cm³/mol. The number of carbonyl (C=O) groups excluding carboxylic acids is 2. The molecule has 15 heteroatoms. The van der Waals surface area contributed by atoms with Gasteiger partial charge in [0.1, 0.15) is 30.4 Å². The second-order valence-corrected chi connectivity index (χ2v) is 17.5. The van der Waals surface area contributed by atoms with E-state index in [1.165, 1.54) is 154 Å². The fourth-order valence-corrected chi connectivity index (χ4v) is 7.00. The maximum absolute atomic E-state index is 12.3. The lowest BCUT2D eigenvalue weighted by Crippen LogP contribution is -2.45. The van der Waals surface area contributed by atoms with Crippen molar-refractivity contribution in [2.75, 3.05) is 0 Å². The van der Waals surface area contributed by atoms with Gasteiger partial charge in [-0.2, -0.15) is 0 Å². The molecule has 0 aliphatic carbocycles. The highest BCUT2D eigenvalue weighted by atomic mass is 16.4. The molecule has 0 saturated heterocycles. The van der Waals surface area contributed by atoms with Gasteiger partial charge in [-0.05, 0) is 25.7 Å². The number of hydrogen-bond donors (Lipinski definition) is 9. The van der Waals surface area contributed by atoms with Gasteiger partial charge in [0.2, 0.25) is 0 Å². The first-order chi connectivity index (χ1) is 30.5. The molecule has 0 bridgehead atoms. The molecular formula is C49H94N2O13. The van der Waals surface area contributed by atoms with Crippen molar-refractivity contribution < 1.29 is 64.5 Å². The zero-order chi connectivity index (χ0) is 48.8. The van der Waals surface area contributed by atoms with Crippen molar-refractivity contribution in [3.8, 4) is 0 Å². The average Bonchev–Trinajstić information content (AvgIpc) is 3.26. The molecule has 0 rings (SSSR count). The summed E-state index contributed by atoms with van der Waals surface area (Å²) in [6.45, 7) is 4.52. The number of Topliss-reactive ketones (excluding diaryl/α,β-unsaturated/α-hetero) is 2. The van der Waals surface area contributed by atoms with Crippen LogP contribution in [0.4, 0.5) is 0 Å². The van der Waals surface area contributed by atoms with Crippen molar-refractivity contribution in [1.82, 2.24) is 0 Å². The summed E-state index contributed by atoms with van der Waals surface area (Å²) >= 11 is 0. The lowest BCUT2D eigenvalue weighted by Gasteiger charge is -2.21. The molecule has 0 spiro atoms. The van der Waals surface area contributed by atoms with Crippen LogP contribution in [0.25, 0.3) is 0 Å². The maximum Gasteiger partial charge on any atom is 0.320 e. The molecular weight excluding hydrogens is 825 g/mol. The van der Waals surface area contributed by atoms with Crippen LogP contribution in [0.2, 0.25) is 0 Å². The molecule has 11 N–H and O–H groups in total. The van der Waals surface area contributed by atoms with E-state index in [1.54, 1.807) is 0 Å². The Morgan fingerprint density at radius 1 is 0.344 bits per heavy atom. The zero-order valence-corrected chi connectivity index (χ0v) is 40.1. The van der Waals surface area contributed by atoms with Gasteiger partial charge in [-0.3, -0.25) is 28.8 Å². The van der Waals surface area contributed by atoms with Crippen LogP contribution in [0.3, 0.4) is 0 Å². The molecule has 0 fully saturated rings. The number of hydrogen-bond acceptors (Lipinski definition) is 11. The minimum Gasteiger partial charge on any atom is -0.481 e. The highest BCUT2D eigenvalue weighted by Crippen LogP contribution is 2.17. The van der Waals surface area contributed by atoms with E-state index in [9.17, 15) is 44.1 Å². The summed E-state index contributed by atoms with van der Waals surface area (Å²) in [5.41, 5.74) is 10.0. The molecule has 0 aromatic carbocycles. The van der Waals surface area contributed by atoms with Gasteiger partial charge in [0.05, 0.1) is 0 Å². The first kappa shape index (κ1) is 65.3. The molecule has 64 heavy (non-hydrogen) atoms. The Kier molecular flexibility index (Phi) is 48.9. The van der Waals surface area contributed by atoms with Crippen LogP contribution in [0.1, 0.15) is 245 Å². The van der Waals surface area contributed by atoms with Gasteiger partial charge in [0, 0.05) is 25.7 Å². The van der Waals surface area contributed by atoms with Gasteiger partial charge >= 0.3 is 23.9 Å². The highest BCUT2D eigenvalue weighted by molar-refractivity contribution is 5.87. The van der Waals surface area contributed by atoms with Gasteiger partial charge in [-0.1, -0.05) is 194 Å². The molecule has 0 aliphatic rings. The van der Waals surface area contributed by atoms with Crippen molar-refractivity contribution in [2.45, 2.75) is 275 Å². The number of aliphatic hydroxyl groups excluding tert-OH is 3. The minimum atomic E-state index is -1.73. The Hall–Kier alpha value is -2.98. The van der Waals surface area contributed by atoms with Crippen molar-refractivity contribution >= 4 is 35.4 Å². The first-order valence-corrected chi connectivity index (χ1v) is 25.0. The Bertz CT molecular complexity index is 1070. The molecule has 0 aromatic heterocycles. The van der Waals surface area contributed by atoms with E-state index in [0.717, 1.165) is 25.7 Å². The summed E-state index contributed by atoms with van der Waals surface area (Å²) in [4.78, 5) is 64.4. The average molecular weight is 919 g/mol. The van der Waals surface area contributed by atoms with Crippen LogP contribution >= 0.6 is 0 Å². The lowest BCUT2D eigenvalue weighted by atomic mass is 9.95. The van der Waals surface area contributed by atoms with E-state index >= 15 is 0 Å². The van der Waals surface area contributed by atoms with Crippen molar-refractivity contribution in [1.29, 1.82) is 0 Å². The molecule has 0 saturated carbocycles. The van der Waals surface area contributed by atoms with Gasteiger partial charge in [0.25, 0.3) is 0 Å². The molecule has 2 unspecified atom stereocenters. The standard InChI is InChI=1S/C39H76O5.2C5H9NO4/c1-3-5-7-9-11-13-15-17-19-21-23-25-27-29-31-33-35(40)37(42)39(44)38(43)36(41)34-32-30-28-26-24-22-20-18-16-14-12-10-8-6-4-2;2*6-3(5(9)10)1-2-4(7)8/h37-39,42-44H,3-34H2,1-2H3;2*3H,1-2,6H2,(H,7,8)(H,9,10)/t;2*3-/m.00/s1. The first-order valence-electron chi connectivity index (χ1n) is 25.0. The Balaban J connectivity index is -0.00000151. The van der Waals surface area contributed by atoms with Gasteiger partial charge in [0.15, 0.2) is 11.6 Å². The van der Waals surface area contributed by atoms with Crippen LogP contribution in [0.15, 0.2) is 0 Å². The number of unbranched alkanes of at least 4 members (excludes halogenated alkanes) is 28. The largest absolute Gasteiger partial charge is 0.481 e. The van der Waals surface area contributed by atoms with Gasteiger partial charge < -0.3 is 47.2 Å². The van der Waals surface area contributed by atoms with Gasteiger partial charge in [-0.15, -0.1) is 0 Å². The fraction of sp³-hybridized carbons (Fsp3) is 0.878. The smallest absolute Gasteiger partial charge is 0.320 e. The minimum absolute atomic E-state index is 0.0231. The monoisotopic (exact) mass is 919 g/mol. The van der Waals surface area contributed by atoms with Crippen LogP contribution in [0.5, 0.6) is 0 Å². The number of ketones is 2. The second-order valence-electron chi connectivity index (χ2n) is 17.5. The summed E-state index contributed by atoms with van der Waals surface area (Å²) in [5.74, 6) is -5.35. The van der Waals surface area contributed by atoms with E-state index in [0.29, 0.717) is 12.8 Å². The predicted octanol–water partition coefficient (Wildman–Crippen LogP) is 9.26. The molecule has 0 heterocycles. The highest BCUT2D eigenvalue weighted by Gasteiger charge is 2.33. The summed E-state index contributed by atoms with van der Waals surface area (Å²) in [6.07, 6.45) is 32.0. The van der Waals surface area contributed by atoms with E-state index in [1.807, 2.05) is 0 Å². The summed E-state index contributed by atoms with van der Waals surface area (Å²) in [6, 6.07) is -2.12. The van der Waals surface area contributed by atoms with Gasteiger partial charge in [-0.25, -0.2) is 0 Å². The summed E-state index contributed by atoms with van der Waals surface area (Å²) in [7, 11) is 0. The number of nitrogens with two attached hydrogens (primary N) is 2. The SMILES string of the molecule is CCCCCCCCCCCCCCCCCC(=O)C(O)C(O)C(O)C(=O)CCCCCCCCCCCCCCCCC.N[C@@H](CCC(=O)O)C(=O)O.N[C@@H](CCC(=O)O)C(=O)O. The second kappa shape index (κ2) is 48.0. The van der Waals surface area contributed by atoms with Crippen molar-refractivity contribution in [3.63, 3.8) is 0 Å². The van der Waals surface area contributed by atoms with Crippen LogP contribution in [0, 0.1) is 0 Å². The third kappa shape index (κ3) is 47.0. The third-order valence-electron chi connectivity index (χ3n) is 11.3. The van der Waals surface area contributed by atoms with Crippen molar-refractivity contribution in [3.05, 3.63) is 0 Å². The maximum atomic E-state index is 12.3. The number of aliphatic hydroxyl groups is 3. The Labute approximate surface area is 385 Å². The summed E-state index contributed by atoms with van der Waals surface area (Å²) in [5, 5.41) is 63.2. The van der Waals surface area contributed by atoms with Crippen LogP contribution in [-0.4, -0.2) is 102 Å². The molecule has 378 valence electrons. The van der Waals surface area contributed by atoms with Crippen LogP contribution in [-0.2, 0) is 28.8 Å². The van der Waals surface area contributed by atoms with E-state index in [-0.39, 0.29) is 38.5 Å². The third-order valence-corrected chi connectivity index (χ3v) is 11.3. The van der Waals surface area contributed by atoms with E-state index in [4.69, 9.17) is 31.9 Å².